The molecule has 4 rings (SSSR count). The standard InChI is InChI=1S/C23H18F3N3O4/c24-23(25,26)17-12-15(27-22(32)19-7-4-10-33-19)8-9-18(17)28-21(31)14-11-20(30)29(13-14)16-5-2-1-3-6-16/h1-10,12,14H,11,13H2,(H,27,32)(H,28,31). The molecule has 1 fully saturated rings. The summed E-state index contributed by atoms with van der Waals surface area (Å²) in [5.41, 5.74) is -1.09. The molecule has 2 aromatic carbocycles. The van der Waals surface area contributed by atoms with Gasteiger partial charge in [0, 0.05) is 24.3 Å². The minimum absolute atomic E-state index is 0.0604. The van der Waals surface area contributed by atoms with Crippen molar-refractivity contribution >= 4 is 34.8 Å². The maximum atomic E-state index is 13.7. The summed E-state index contributed by atoms with van der Waals surface area (Å²) in [4.78, 5) is 38.5. The molecule has 33 heavy (non-hydrogen) atoms. The SMILES string of the molecule is O=C(Nc1ccc(NC(=O)C2CC(=O)N(c3ccccc3)C2)c(C(F)(F)F)c1)c1ccco1. The summed E-state index contributed by atoms with van der Waals surface area (Å²) in [6, 6.07) is 14.6. The summed E-state index contributed by atoms with van der Waals surface area (Å²) in [6.45, 7) is 0.0628. The Morgan fingerprint density at radius 1 is 1.00 bits per heavy atom. The van der Waals surface area contributed by atoms with Crippen molar-refractivity contribution in [2.24, 2.45) is 5.92 Å². The van der Waals surface area contributed by atoms with Crippen molar-refractivity contribution in [1.29, 1.82) is 0 Å². The fourth-order valence-corrected chi connectivity index (χ4v) is 3.54. The van der Waals surface area contributed by atoms with Crippen molar-refractivity contribution < 1.29 is 32.0 Å². The van der Waals surface area contributed by atoms with E-state index in [2.05, 4.69) is 10.6 Å². The van der Waals surface area contributed by atoms with E-state index in [1.807, 2.05) is 0 Å². The van der Waals surface area contributed by atoms with E-state index in [9.17, 15) is 27.6 Å². The molecule has 0 aliphatic carbocycles. The maximum Gasteiger partial charge on any atom is 0.418 e. The Balaban J connectivity index is 1.50. The van der Waals surface area contributed by atoms with Crippen LogP contribution in [0.4, 0.5) is 30.2 Å². The smallest absolute Gasteiger partial charge is 0.418 e. The molecule has 3 aromatic rings. The molecule has 0 saturated carbocycles. The molecule has 3 amide bonds. The van der Waals surface area contributed by atoms with Crippen molar-refractivity contribution in [3.8, 4) is 0 Å². The van der Waals surface area contributed by atoms with E-state index in [1.54, 1.807) is 30.3 Å². The highest BCUT2D eigenvalue weighted by Gasteiger charge is 2.38. The molecule has 0 bridgehead atoms. The summed E-state index contributed by atoms with van der Waals surface area (Å²) in [5, 5.41) is 4.62. The molecule has 1 aliphatic rings. The number of anilines is 3. The van der Waals surface area contributed by atoms with Crippen LogP contribution in [0.5, 0.6) is 0 Å². The summed E-state index contributed by atoms with van der Waals surface area (Å²) in [6.07, 6.45) is -3.64. The number of nitrogens with one attached hydrogen (secondary N) is 2. The second-order valence-electron chi connectivity index (χ2n) is 7.42. The first kappa shape index (κ1) is 22.1. The number of hydrogen-bond donors (Lipinski definition) is 2. The fourth-order valence-electron chi connectivity index (χ4n) is 3.54. The Morgan fingerprint density at radius 2 is 1.76 bits per heavy atom. The number of carbonyl (C=O) groups is 3. The lowest BCUT2D eigenvalue weighted by atomic mass is 10.1. The topological polar surface area (TPSA) is 91.7 Å². The number of halogens is 3. The highest BCUT2D eigenvalue weighted by Crippen LogP contribution is 2.37. The predicted octanol–water partition coefficient (Wildman–Crippen LogP) is 4.54. The summed E-state index contributed by atoms with van der Waals surface area (Å²) in [5.74, 6) is -2.56. The molecule has 0 spiro atoms. The third-order valence-corrected chi connectivity index (χ3v) is 5.15. The number of alkyl halides is 3. The van der Waals surface area contributed by atoms with Crippen LogP contribution in [-0.4, -0.2) is 24.3 Å². The number of nitrogens with zero attached hydrogens (tertiary/aromatic N) is 1. The summed E-state index contributed by atoms with van der Waals surface area (Å²) < 4.78 is 45.9. The molecule has 1 atom stereocenters. The van der Waals surface area contributed by atoms with Gasteiger partial charge in [-0.25, -0.2) is 0 Å². The molecule has 0 radical (unpaired) electrons. The average molecular weight is 457 g/mol. The Hall–Kier alpha value is -4.08. The molecule has 1 unspecified atom stereocenters. The number of hydrogen-bond acceptors (Lipinski definition) is 4. The van der Waals surface area contributed by atoms with Crippen molar-refractivity contribution in [3.63, 3.8) is 0 Å². The number of rotatable bonds is 5. The van der Waals surface area contributed by atoms with E-state index in [4.69, 9.17) is 4.42 Å². The zero-order valence-electron chi connectivity index (χ0n) is 17.1. The van der Waals surface area contributed by atoms with Crippen LogP contribution in [-0.2, 0) is 15.8 Å². The molecule has 10 heteroatoms. The highest BCUT2D eigenvalue weighted by molar-refractivity contribution is 6.04. The predicted molar refractivity (Wildman–Crippen MR) is 114 cm³/mol. The molecule has 1 saturated heterocycles. The van der Waals surface area contributed by atoms with Gasteiger partial charge < -0.3 is 20.0 Å². The number of para-hydroxylation sites is 1. The van der Waals surface area contributed by atoms with Crippen molar-refractivity contribution in [1.82, 2.24) is 0 Å². The summed E-state index contributed by atoms with van der Waals surface area (Å²) >= 11 is 0. The molecular formula is C23H18F3N3O4. The minimum atomic E-state index is -4.80. The number of carbonyl (C=O) groups excluding carboxylic acids is 3. The first-order valence-electron chi connectivity index (χ1n) is 9.95. The van der Waals surface area contributed by atoms with Crippen LogP contribution in [0.15, 0.2) is 71.3 Å². The molecule has 2 N–H and O–H groups in total. The Labute approximate surface area is 186 Å². The maximum absolute atomic E-state index is 13.7. The van der Waals surface area contributed by atoms with Gasteiger partial charge in [-0.2, -0.15) is 13.2 Å². The summed E-state index contributed by atoms with van der Waals surface area (Å²) in [7, 11) is 0. The van der Waals surface area contributed by atoms with E-state index < -0.39 is 35.2 Å². The van der Waals surface area contributed by atoms with Crippen LogP contribution < -0.4 is 15.5 Å². The number of furan rings is 1. The van der Waals surface area contributed by atoms with Crippen LogP contribution in [0.2, 0.25) is 0 Å². The Bertz CT molecular complexity index is 1180. The van der Waals surface area contributed by atoms with Gasteiger partial charge in [0.05, 0.1) is 23.4 Å². The molecule has 1 aromatic heterocycles. The lowest BCUT2D eigenvalue weighted by Gasteiger charge is -2.18. The molecule has 170 valence electrons. The van der Waals surface area contributed by atoms with E-state index in [0.29, 0.717) is 5.69 Å². The van der Waals surface area contributed by atoms with Gasteiger partial charge in [-0.1, -0.05) is 18.2 Å². The van der Waals surface area contributed by atoms with Crippen LogP contribution in [0.3, 0.4) is 0 Å². The molecule has 1 aliphatic heterocycles. The van der Waals surface area contributed by atoms with Crippen molar-refractivity contribution in [2.75, 3.05) is 22.1 Å². The van der Waals surface area contributed by atoms with Crippen LogP contribution in [0.25, 0.3) is 0 Å². The molecule has 7 nitrogen and oxygen atoms in total. The van der Waals surface area contributed by atoms with Crippen LogP contribution in [0.1, 0.15) is 22.5 Å². The largest absolute Gasteiger partial charge is 0.459 e. The zero-order chi connectivity index (χ0) is 23.6. The first-order valence-corrected chi connectivity index (χ1v) is 9.95. The van der Waals surface area contributed by atoms with Gasteiger partial charge >= 0.3 is 6.18 Å². The van der Waals surface area contributed by atoms with Gasteiger partial charge in [0.1, 0.15) is 0 Å². The van der Waals surface area contributed by atoms with Gasteiger partial charge in [-0.05, 0) is 42.5 Å². The van der Waals surface area contributed by atoms with E-state index in [-0.39, 0.29) is 30.3 Å². The lowest BCUT2D eigenvalue weighted by molar-refractivity contribution is -0.137. The third-order valence-electron chi connectivity index (χ3n) is 5.15. The Kier molecular flexibility index (Phi) is 5.91. The molecule has 2 heterocycles. The second-order valence-corrected chi connectivity index (χ2v) is 7.42. The van der Waals surface area contributed by atoms with Gasteiger partial charge in [0.15, 0.2) is 5.76 Å². The van der Waals surface area contributed by atoms with Gasteiger partial charge in [0.2, 0.25) is 11.8 Å². The van der Waals surface area contributed by atoms with Crippen molar-refractivity contribution in [3.05, 3.63) is 78.3 Å². The fraction of sp³-hybridized carbons (Fsp3) is 0.174. The Morgan fingerprint density at radius 3 is 2.42 bits per heavy atom. The quantitative estimate of drug-likeness (QED) is 0.589. The normalized spacial score (nSPS) is 16.0. The minimum Gasteiger partial charge on any atom is -0.459 e. The van der Waals surface area contributed by atoms with Crippen LogP contribution in [0, 0.1) is 5.92 Å². The van der Waals surface area contributed by atoms with Gasteiger partial charge in [-0.15, -0.1) is 0 Å². The van der Waals surface area contributed by atoms with E-state index >= 15 is 0 Å². The zero-order valence-corrected chi connectivity index (χ0v) is 17.1. The molecular weight excluding hydrogens is 439 g/mol. The highest BCUT2D eigenvalue weighted by atomic mass is 19.4. The van der Waals surface area contributed by atoms with E-state index in [1.165, 1.54) is 29.4 Å². The number of benzene rings is 2. The third kappa shape index (κ3) is 4.89. The second kappa shape index (κ2) is 8.81. The van der Waals surface area contributed by atoms with Gasteiger partial charge in [-0.3, -0.25) is 14.4 Å². The van der Waals surface area contributed by atoms with Crippen LogP contribution >= 0.6 is 0 Å². The monoisotopic (exact) mass is 457 g/mol. The first-order chi connectivity index (χ1) is 15.7. The van der Waals surface area contributed by atoms with E-state index in [0.717, 1.165) is 12.1 Å². The van der Waals surface area contributed by atoms with Gasteiger partial charge in [0.25, 0.3) is 5.91 Å². The lowest BCUT2D eigenvalue weighted by Crippen LogP contribution is -2.28. The average Bonchev–Trinajstić information content (AvgIpc) is 3.45. The number of amides is 3. The van der Waals surface area contributed by atoms with Crippen molar-refractivity contribution in [2.45, 2.75) is 12.6 Å².